The SMILES string of the molecule is Cc1ccc(C(=O)C[C@H]2OC2(C)C)cc1. The van der Waals surface area contributed by atoms with Gasteiger partial charge in [0.1, 0.15) is 0 Å². The molecule has 1 heterocycles. The maximum Gasteiger partial charge on any atom is 0.165 e. The van der Waals surface area contributed by atoms with E-state index >= 15 is 0 Å². The molecule has 0 spiro atoms. The number of Topliss-reactive ketones (excluding diaryl/α,β-unsaturated/α-hetero) is 1. The highest BCUT2D eigenvalue weighted by molar-refractivity contribution is 5.96. The Labute approximate surface area is 90.3 Å². The van der Waals surface area contributed by atoms with Crippen molar-refractivity contribution >= 4 is 5.78 Å². The van der Waals surface area contributed by atoms with Gasteiger partial charge in [-0.25, -0.2) is 0 Å². The lowest BCUT2D eigenvalue weighted by atomic mass is 10.0. The summed E-state index contributed by atoms with van der Waals surface area (Å²) in [5.41, 5.74) is 1.86. The van der Waals surface area contributed by atoms with Crippen molar-refractivity contribution in [1.82, 2.24) is 0 Å². The van der Waals surface area contributed by atoms with Crippen LogP contribution >= 0.6 is 0 Å². The minimum Gasteiger partial charge on any atom is -0.366 e. The first-order valence-corrected chi connectivity index (χ1v) is 5.27. The predicted molar refractivity (Wildman–Crippen MR) is 59.1 cm³/mol. The molecule has 0 bridgehead atoms. The summed E-state index contributed by atoms with van der Waals surface area (Å²) in [6, 6.07) is 7.69. The number of hydrogen-bond acceptors (Lipinski definition) is 2. The number of carbonyl (C=O) groups is 1. The van der Waals surface area contributed by atoms with Gasteiger partial charge in [0.25, 0.3) is 0 Å². The van der Waals surface area contributed by atoms with Gasteiger partial charge in [-0.3, -0.25) is 4.79 Å². The van der Waals surface area contributed by atoms with E-state index in [1.165, 1.54) is 5.56 Å². The summed E-state index contributed by atoms with van der Waals surface area (Å²) in [6.45, 7) is 6.04. The Morgan fingerprint density at radius 1 is 1.33 bits per heavy atom. The van der Waals surface area contributed by atoms with Gasteiger partial charge in [0.2, 0.25) is 0 Å². The highest BCUT2D eigenvalue weighted by atomic mass is 16.6. The van der Waals surface area contributed by atoms with Gasteiger partial charge in [0.15, 0.2) is 5.78 Å². The van der Waals surface area contributed by atoms with Gasteiger partial charge in [-0.1, -0.05) is 29.8 Å². The van der Waals surface area contributed by atoms with Gasteiger partial charge < -0.3 is 4.74 Å². The first kappa shape index (κ1) is 10.4. The van der Waals surface area contributed by atoms with Crippen molar-refractivity contribution in [2.75, 3.05) is 0 Å². The number of carbonyl (C=O) groups excluding carboxylic acids is 1. The van der Waals surface area contributed by atoms with Crippen molar-refractivity contribution in [1.29, 1.82) is 0 Å². The van der Waals surface area contributed by atoms with E-state index in [4.69, 9.17) is 4.74 Å². The quantitative estimate of drug-likeness (QED) is 0.559. The molecule has 0 saturated carbocycles. The molecule has 0 amide bonds. The molecule has 1 atom stereocenters. The lowest BCUT2D eigenvalue weighted by molar-refractivity contribution is 0.0972. The lowest BCUT2D eigenvalue weighted by Gasteiger charge is -2.00. The first-order chi connectivity index (χ1) is 6.99. The van der Waals surface area contributed by atoms with E-state index in [1.54, 1.807) is 0 Å². The van der Waals surface area contributed by atoms with Gasteiger partial charge >= 0.3 is 0 Å². The largest absolute Gasteiger partial charge is 0.366 e. The average Bonchev–Trinajstić information content (AvgIpc) is 2.74. The van der Waals surface area contributed by atoms with Crippen LogP contribution in [0.25, 0.3) is 0 Å². The Hall–Kier alpha value is -1.15. The molecule has 0 radical (unpaired) electrons. The third kappa shape index (κ3) is 2.26. The molecule has 15 heavy (non-hydrogen) atoms. The maximum absolute atomic E-state index is 11.8. The highest BCUT2D eigenvalue weighted by Gasteiger charge is 2.48. The zero-order valence-electron chi connectivity index (χ0n) is 9.41. The van der Waals surface area contributed by atoms with E-state index in [1.807, 2.05) is 45.0 Å². The van der Waals surface area contributed by atoms with Crippen LogP contribution in [-0.2, 0) is 4.74 Å². The van der Waals surface area contributed by atoms with Crippen LogP contribution in [0.2, 0.25) is 0 Å². The molecular formula is C13H16O2. The zero-order valence-corrected chi connectivity index (χ0v) is 9.41. The number of aryl methyl sites for hydroxylation is 1. The molecule has 1 saturated heterocycles. The average molecular weight is 204 g/mol. The Balaban J connectivity index is 2.00. The van der Waals surface area contributed by atoms with Crippen LogP contribution in [0, 0.1) is 6.92 Å². The summed E-state index contributed by atoms with van der Waals surface area (Å²) >= 11 is 0. The molecule has 0 aliphatic carbocycles. The molecule has 1 aliphatic heterocycles. The number of ketones is 1. The van der Waals surface area contributed by atoms with Crippen LogP contribution < -0.4 is 0 Å². The molecule has 0 unspecified atom stereocenters. The van der Waals surface area contributed by atoms with Crippen LogP contribution in [0.4, 0.5) is 0 Å². The van der Waals surface area contributed by atoms with Crippen molar-refractivity contribution in [3.05, 3.63) is 35.4 Å². The minimum absolute atomic E-state index is 0.0969. The molecular weight excluding hydrogens is 188 g/mol. The van der Waals surface area contributed by atoms with Crippen LogP contribution in [-0.4, -0.2) is 17.5 Å². The van der Waals surface area contributed by atoms with Crippen molar-refractivity contribution in [2.24, 2.45) is 0 Å². The molecule has 1 aromatic rings. The van der Waals surface area contributed by atoms with E-state index in [0.717, 1.165) is 5.56 Å². The fourth-order valence-electron chi connectivity index (χ4n) is 1.65. The second-order valence-corrected chi connectivity index (χ2v) is 4.70. The molecule has 2 nitrogen and oxygen atoms in total. The van der Waals surface area contributed by atoms with Gasteiger partial charge in [0, 0.05) is 12.0 Å². The molecule has 1 fully saturated rings. The van der Waals surface area contributed by atoms with E-state index in [9.17, 15) is 4.79 Å². The molecule has 1 aromatic carbocycles. The van der Waals surface area contributed by atoms with Crippen LogP contribution in [0.1, 0.15) is 36.2 Å². The standard InChI is InChI=1S/C13H16O2/c1-9-4-6-10(7-5-9)11(14)8-12-13(2,3)15-12/h4-7,12H,8H2,1-3H3/t12-/m1/s1. The van der Waals surface area contributed by atoms with Gasteiger partial charge in [0.05, 0.1) is 11.7 Å². The van der Waals surface area contributed by atoms with Crippen molar-refractivity contribution in [3.63, 3.8) is 0 Å². The fraction of sp³-hybridized carbons (Fsp3) is 0.462. The van der Waals surface area contributed by atoms with Crippen molar-refractivity contribution in [3.8, 4) is 0 Å². The normalized spacial score (nSPS) is 22.5. The molecule has 0 N–H and O–H groups in total. The number of benzene rings is 1. The summed E-state index contributed by atoms with van der Waals surface area (Å²) in [5, 5.41) is 0. The smallest absolute Gasteiger partial charge is 0.165 e. The van der Waals surface area contributed by atoms with E-state index in [2.05, 4.69) is 0 Å². The summed E-state index contributed by atoms with van der Waals surface area (Å²) in [7, 11) is 0. The summed E-state index contributed by atoms with van der Waals surface area (Å²) in [5.74, 6) is 0.172. The summed E-state index contributed by atoms with van der Waals surface area (Å²) < 4.78 is 5.40. The molecule has 0 aromatic heterocycles. The lowest BCUT2D eigenvalue weighted by Crippen LogP contribution is -2.09. The Bertz CT molecular complexity index is 376. The minimum atomic E-state index is -0.0969. The highest BCUT2D eigenvalue weighted by Crippen LogP contribution is 2.38. The zero-order chi connectivity index (χ0) is 11.1. The summed E-state index contributed by atoms with van der Waals surface area (Å²) in [4.78, 5) is 11.8. The van der Waals surface area contributed by atoms with Gasteiger partial charge in [-0.2, -0.15) is 0 Å². The van der Waals surface area contributed by atoms with Crippen molar-refractivity contribution < 1.29 is 9.53 Å². The van der Waals surface area contributed by atoms with Crippen LogP contribution in [0.3, 0.4) is 0 Å². The van der Waals surface area contributed by atoms with Gasteiger partial charge in [-0.05, 0) is 20.8 Å². The molecule has 80 valence electrons. The summed E-state index contributed by atoms with van der Waals surface area (Å²) in [6.07, 6.45) is 0.599. The van der Waals surface area contributed by atoms with Crippen LogP contribution in [0.5, 0.6) is 0 Å². The second kappa shape index (κ2) is 3.46. The molecule has 2 rings (SSSR count). The first-order valence-electron chi connectivity index (χ1n) is 5.27. The Morgan fingerprint density at radius 2 is 1.87 bits per heavy atom. The third-order valence-electron chi connectivity index (χ3n) is 2.91. The maximum atomic E-state index is 11.8. The Morgan fingerprint density at radius 3 is 2.33 bits per heavy atom. The fourth-order valence-corrected chi connectivity index (χ4v) is 1.65. The van der Waals surface area contributed by atoms with Gasteiger partial charge in [-0.15, -0.1) is 0 Å². The number of ether oxygens (including phenoxy) is 1. The van der Waals surface area contributed by atoms with E-state index in [-0.39, 0.29) is 17.5 Å². The topological polar surface area (TPSA) is 29.6 Å². The van der Waals surface area contributed by atoms with E-state index in [0.29, 0.717) is 6.42 Å². The van der Waals surface area contributed by atoms with E-state index < -0.39 is 0 Å². The number of rotatable bonds is 3. The number of hydrogen-bond donors (Lipinski definition) is 0. The predicted octanol–water partition coefficient (Wildman–Crippen LogP) is 2.75. The molecule has 2 heteroatoms. The molecule has 1 aliphatic rings. The monoisotopic (exact) mass is 204 g/mol. The Kier molecular flexibility index (Phi) is 2.39. The second-order valence-electron chi connectivity index (χ2n) is 4.70. The number of epoxide rings is 1. The van der Waals surface area contributed by atoms with Crippen molar-refractivity contribution in [2.45, 2.75) is 38.9 Å². The van der Waals surface area contributed by atoms with Crippen LogP contribution in [0.15, 0.2) is 24.3 Å². The third-order valence-corrected chi connectivity index (χ3v) is 2.91.